The van der Waals surface area contributed by atoms with Crippen molar-refractivity contribution in [2.24, 2.45) is 0 Å². The van der Waals surface area contributed by atoms with Crippen molar-refractivity contribution in [3.05, 3.63) is 59.5 Å². The van der Waals surface area contributed by atoms with Crippen molar-refractivity contribution < 1.29 is 9.13 Å². The molecule has 0 aliphatic rings. The van der Waals surface area contributed by atoms with Gasteiger partial charge >= 0.3 is 0 Å². The van der Waals surface area contributed by atoms with E-state index in [1.807, 2.05) is 31.2 Å². The second-order valence-corrected chi connectivity index (χ2v) is 4.51. The van der Waals surface area contributed by atoms with Crippen LogP contribution >= 0.6 is 0 Å². The fourth-order valence-electron chi connectivity index (χ4n) is 2.26. The van der Waals surface area contributed by atoms with Crippen LogP contribution in [0, 0.1) is 5.82 Å². The third-order valence-electron chi connectivity index (χ3n) is 3.20. The maximum absolute atomic E-state index is 13.8. The smallest absolute Gasteiger partial charge is 0.217 e. The standard InChI is InChI=1S/C16H19FN2O/c1-3-18-15(11-12-7-4-5-9-14(12)17)13-8-6-10-19-16(13)20-2/h4-10,15,18H,3,11H2,1-2H3. The van der Waals surface area contributed by atoms with Gasteiger partial charge in [-0.3, -0.25) is 0 Å². The highest BCUT2D eigenvalue weighted by atomic mass is 19.1. The van der Waals surface area contributed by atoms with Crippen molar-refractivity contribution in [1.29, 1.82) is 0 Å². The first kappa shape index (κ1) is 14.5. The molecule has 1 aromatic heterocycles. The van der Waals surface area contributed by atoms with E-state index < -0.39 is 0 Å². The molecule has 1 aromatic carbocycles. The largest absolute Gasteiger partial charge is 0.481 e. The molecule has 0 aliphatic carbocycles. The third kappa shape index (κ3) is 3.33. The lowest BCUT2D eigenvalue weighted by Gasteiger charge is -2.20. The predicted molar refractivity (Wildman–Crippen MR) is 77.3 cm³/mol. The van der Waals surface area contributed by atoms with Crippen LogP contribution in [-0.2, 0) is 6.42 Å². The van der Waals surface area contributed by atoms with Crippen molar-refractivity contribution in [2.45, 2.75) is 19.4 Å². The summed E-state index contributed by atoms with van der Waals surface area (Å²) >= 11 is 0. The topological polar surface area (TPSA) is 34.2 Å². The molecule has 0 aliphatic heterocycles. The lowest BCUT2D eigenvalue weighted by molar-refractivity contribution is 0.382. The summed E-state index contributed by atoms with van der Waals surface area (Å²) in [4.78, 5) is 4.21. The maximum atomic E-state index is 13.8. The van der Waals surface area contributed by atoms with Crippen LogP contribution in [0.3, 0.4) is 0 Å². The normalized spacial score (nSPS) is 12.2. The molecule has 0 saturated carbocycles. The van der Waals surface area contributed by atoms with Gasteiger partial charge in [0.1, 0.15) is 5.82 Å². The molecule has 20 heavy (non-hydrogen) atoms. The van der Waals surface area contributed by atoms with E-state index in [1.165, 1.54) is 6.07 Å². The van der Waals surface area contributed by atoms with Gasteiger partial charge < -0.3 is 10.1 Å². The number of aromatic nitrogens is 1. The summed E-state index contributed by atoms with van der Waals surface area (Å²) in [5.74, 6) is 0.396. The molecular formula is C16H19FN2O. The van der Waals surface area contributed by atoms with Crippen LogP contribution in [-0.4, -0.2) is 18.6 Å². The second kappa shape index (κ2) is 7.01. The molecule has 2 rings (SSSR count). The number of nitrogens with zero attached hydrogens (tertiary/aromatic N) is 1. The summed E-state index contributed by atoms with van der Waals surface area (Å²) in [7, 11) is 1.60. The van der Waals surface area contributed by atoms with E-state index >= 15 is 0 Å². The molecule has 0 radical (unpaired) electrons. The number of ether oxygens (including phenoxy) is 1. The second-order valence-electron chi connectivity index (χ2n) is 4.51. The molecule has 1 heterocycles. The number of nitrogens with one attached hydrogen (secondary N) is 1. The Morgan fingerprint density at radius 1 is 1.25 bits per heavy atom. The van der Waals surface area contributed by atoms with E-state index in [-0.39, 0.29) is 11.9 Å². The van der Waals surface area contributed by atoms with Crippen molar-refractivity contribution in [3.8, 4) is 5.88 Å². The Bertz CT molecular complexity index is 560. The molecule has 0 spiro atoms. The van der Waals surface area contributed by atoms with Crippen molar-refractivity contribution in [1.82, 2.24) is 10.3 Å². The minimum atomic E-state index is -0.182. The Hall–Kier alpha value is -1.94. The first-order chi connectivity index (χ1) is 9.76. The molecular weight excluding hydrogens is 255 g/mol. The predicted octanol–water partition coefficient (Wildman–Crippen LogP) is 3.12. The minimum Gasteiger partial charge on any atom is -0.481 e. The highest BCUT2D eigenvalue weighted by Gasteiger charge is 2.17. The molecule has 3 nitrogen and oxygen atoms in total. The van der Waals surface area contributed by atoms with Gasteiger partial charge in [-0.2, -0.15) is 0 Å². The quantitative estimate of drug-likeness (QED) is 0.878. The van der Waals surface area contributed by atoms with Gasteiger partial charge in [0, 0.05) is 17.8 Å². The Morgan fingerprint density at radius 3 is 2.75 bits per heavy atom. The number of methoxy groups -OCH3 is 1. The van der Waals surface area contributed by atoms with Gasteiger partial charge in [0.15, 0.2) is 0 Å². The zero-order valence-electron chi connectivity index (χ0n) is 11.8. The summed E-state index contributed by atoms with van der Waals surface area (Å²) in [6.45, 7) is 2.81. The Kier molecular flexibility index (Phi) is 5.07. The van der Waals surface area contributed by atoms with Crippen LogP contribution in [0.1, 0.15) is 24.1 Å². The van der Waals surface area contributed by atoms with Gasteiger partial charge in [-0.1, -0.05) is 31.2 Å². The lowest BCUT2D eigenvalue weighted by Crippen LogP contribution is -2.24. The van der Waals surface area contributed by atoms with E-state index in [2.05, 4.69) is 10.3 Å². The first-order valence-corrected chi connectivity index (χ1v) is 6.72. The summed E-state index contributed by atoms with van der Waals surface area (Å²) in [5, 5.41) is 3.36. The summed E-state index contributed by atoms with van der Waals surface area (Å²) in [6.07, 6.45) is 2.25. The molecule has 0 saturated heterocycles. The zero-order chi connectivity index (χ0) is 14.4. The van der Waals surface area contributed by atoms with Crippen molar-refractivity contribution in [2.75, 3.05) is 13.7 Å². The fourth-order valence-corrected chi connectivity index (χ4v) is 2.26. The minimum absolute atomic E-state index is 0.0273. The third-order valence-corrected chi connectivity index (χ3v) is 3.20. The van der Waals surface area contributed by atoms with Gasteiger partial charge in [0.2, 0.25) is 5.88 Å². The van der Waals surface area contributed by atoms with Gasteiger partial charge in [-0.05, 0) is 30.7 Å². The molecule has 0 fully saturated rings. The van der Waals surface area contributed by atoms with Crippen LogP contribution < -0.4 is 10.1 Å². The van der Waals surface area contributed by atoms with E-state index in [0.717, 1.165) is 12.1 Å². The van der Waals surface area contributed by atoms with Gasteiger partial charge in [0.25, 0.3) is 0 Å². The van der Waals surface area contributed by atoms with Crippen LogP contribution in [0.25, 0.3) is 0 Å². The first-order valence-electron chi connectivity index (χ1n) is 6.72. The number of benzene rings is 1. The lowest BCUT2D eigenvalue weighted by atomic mass is 9.99. The van der Waals surface area contributed by atoms with Crippen LogP contribution in [0.15, 0.2) is 42.6 Å². The molecule has 0 amide bonds. The Labute approximate surface area is 118 Å². The van der Waals surface area contributed by atoms with E-state index in [1.54, 1.807) is 19.4 Å². The molecule has 1 unspecified atom stereocenters. The monoisotopic (exact) mass is 274 g/mol. The molecule has 106 valence electrons. The highest BCUT2D eigenvalue weighted by Crippen LogP contribution is 2.26. The van der Waals surface area contributed by atoms with Gasteiger partial charge in [0.05, 0.1) is 7.11 Å². The Morgan fingerprint density at radius 2 is 2.05 bits per heavy atom. The van der Waals surface area contributed by atoms with Gasteiger partial charge in [-0.25, -0.2) is 9.37 Å². The number of likely N-dealkylation sites (N-methyl/N-ethyl adjacent to an activating group) is 1. The number of pyridine rings is 1. The van der Waals surface area contributed by atoms with Crippen molar-refractivity contribution >= 4 is 0 Å². The van der Waals surface area contributed by atoms with Crippen molar-refractivity contribution in [3.63, 3.8) is 0 Å². The number of hydrogen-bond acceptors (Lipinski definition) is 3. The molecule has 4 heteroatoms. The number of hydrogen-bond donors (Lipinski definition) is 1. The zero-order valence-corrected chi connectivity index (χ0v) is 11.8. The SMILES string of the molecule is CCNC(Cc1ccccc1F)c1cccnc1OC. The van der Waals surface area contributed by atoms with E-state index in [4.69, 9.17) is 4.74 Å². The average molecular weight is 274 g/mol. The number of halogens is 1. The molecule has 1 N–H and O–H groups in total. The van der Waals surface area contributed by atoms with E-state index in [0.29, 0.717) is 17.9 Å². The molecule has 1 atom stereocenters. The summed E-state index contributed by atoms with van der Waals surface area (Å²) < 4.78 is 19.1. The van der Waals surface area contributed by atoms with Crippen LogP contribution in [0.5, 0.6) is 5.88 Å². The maximum Gasteiger partial charge on any atom is 0.217 e. The average Bonchev–Trinajstić information content (AvgIpc) is 2.49. The number of rotatable bonds is 6. The van der Waals surface area contributed by atoms with Crippen LogP contribution in [0.2, 0.25) is 0 Å². The molecule has 2 aromatic rings. The summed E-state index contributed by atoms with van der Waals surface area (Å²) in [5.41, 5.74) is 1.63. The fraction of sp³-hybridized carbons (Fsp3) is 0.312. The highest BCUT2D eigenvalue weighted by molar-refractivity contribution is 5.31. The molecule has 0 bridgehead atoms. The Balaban J connectivity index is 2.29. The van der Waals surface area contributed by atoms with Crippen LogP contribution in [0.4, 0.5) is 4.39 Å². The van der Waals surface area contributed by atoms with Gasteiger partial charge in [-0.15, -0.1) is 0 Å². The summed E-state index contributed by atoms with van der Waals surface area (Å²) in [6, 6.07) is 10.6. The van der Waals surface area contributed by atoms with E-state index in [9.17, 15) is 4.39 Å².